The maximum atomic E-state index is 12.9. The molecular formula is C12H16F3N3O2. The van der Waals surface area contributed by atoms with Gasteiger partial charge in [0.1, 0.15) is 12.4 Å². The Morgan fingerprint density at radius 1 is 1.35 bits per heavy atom. The Morgan fingerprint density at radius 2 is 2.00 bits per heavy atom. The van der Waals surface area contributed by atoms with Gasteiger partial charge in [0.2, 0.25) is 0 Å². The summed E-state index contributed by atoms with van der Waals surface area (Å²) >= 11 is 0. The molecule has 0 aromatic carbocycles. The first kappa shape index (κ1) is 16.2. The molecule has 0 amide bonds. The largest absolute Gasteiger partial charge is 0.480 e. The molecule has 0 saturated carbocycles. The van der Waals surface area contributed by atoms with Gasteiger partial charge in [0, 0.05) is 19.3 Å². The summed E-state index contributed by atoms with van der Waals surface area (Å²) in [5.74, 6) is -1.56. The zero-order valence-electron chi connectivity index (χ0n) is 11.2. The normalized spacial score (nSPS) is 11.7. The zero-order valence-corrected chi connectivity index (χ0v) is 11.2. The lowest BCUT2D eigenvalue weighted by atomic mass is 10.2. The lowest BCUT2D eigenvalue weighted by Gasteiger charge is -2.26. The van der Waals surface area contributed by atoms with Gasteiger partial charge in [0.05, 0.1) is 5.56 Å². The molecule has 1 rings (SSSR count). The maximum Gasteiger partial charge on any atom is 0.419 e. The van der Waals surface area contributed by atoms with Crippen molar-refractivity contribution in [3.63, 3.8) is 0 Å². The smallest absolute Gasteiger partial charge is 0.419 e. The molecule has 112 valence electrons. The fourth-order valence-electron chi connectivity index (χ4n) is 1.61. The highest BCUT2D eigenvalue weighted by molar-refractivity contribution is 5.73. The summed E-state index contributed by atoms with van der Waals surface area (Å²) in [6.45, 7) is 0.0223. The summed E-state index contributed by atoms with van der Waals surface area (Å²) in [4.78, 5) is 17.4. The average Bonchev–Trinajstić information content (AvgIpc) is 2.33. The minimum atomic E-state index is -4.57. The van der Waals surface area contributed by atoms with E-state index >= 15 is 0 Å². The Balaban J connectivity index is 3.09. The molecule has 0 bridgehead atoms. The lowest BCUT2D eigenvalue weighted by Crippen LogP contribution is -2.37. The number of rotatable bonds is 6. The number of pyridine rings is 1. The number of likely N-dealkylation sites (N-methyl/N-ethyl adjacent to an activating group) is 1. The Labute approximate surface area is 114 Å². The van der Waals surface area contributed by atoms with Crippen LogP contribution in [0.3, 0.4) is 0 Å². The van der Waals surface area contributed by atoms with Crippen molar-refractivity contribution >= 4 is 11.8 Å². The first-order valence-electron chi connectivity index (χ1n) is 5.85. The van der Waals surface area contributed by atoms with E-state index in [2.05, 4.69) is 4.98 Å². The minimum Gasteiger partial charge on any atom is -0.480 e. The molecule has 0 aliphatic heterocycles. The molecule has 1 N–H and O–H groups in total. The standard InChI is InChI=1S/C12H16F3N3O2/c1-17(2)6-7-18(8-10(19)20)11-9(12(13,14)15)4-3-5-16-11/h3-5H,6-8H2,1-2H3,(H,19,20). The number of carbonyl (C=O) groups is 1. The first-order valence-corrected chi connectivity index (χ1v) is 5.85. The quantitative estimate of drug-likeness (QED) is 0.862. The van der Waals surface area contributed by atoms with Crippen molar-refractivity contribution < 1.29 is 23.1 Å². The lowest BCUT2D eigenvalue weighted by molar-refractivity contribution is -0.138. The van der Waals surface area contributed by atoms with E-state index in [1.807, 2.05) is 0 Å². The molecule has 0 fully saturated rings. The van der Waals surface area contributed by atoms with Crippen molar-refractivity contribution in [1.29, 1.82) is 0 Å². The molecule has 0 atom stereocenters. The van der Waals surface area contributed by atoms with Crippen LogP contribution in [0.2, 0.25) is 0 Å². The second-order valence-corrected chi connectivity index (χ2v) is 4.49. The van der Waals surface area contributed by atoms with Gasteiger partial charge >= 0.3 is 12.1 Å². The molecule has 0 aliphatic carbocycles. The van der Waals surface area contributed by atoms with Gasteiger partial charge in [0.15, 0.2) is 0 Å². The topological polar surface area (TPSA) is 56.7 Å². The van der Waals surface area contributed by atoms with E-state index in [9.17, 15) is 18.0 Å². The van der Waals surface area contributed by atoms with Crippen molar-refractivity contribution in [2.75, 3.05) is 38.6 Å². The number of carboxylic acid groups (broad SMARTS) is 1. The van der Waals surface area contributed by atoms with E-state index in [-0.39, 0.29) is 12.4 Å². The average molecular weight is 291 g/mol. The fourth-order valence-corrected chi connectivity index (χ4v) is 1.61. The van der Waals surface area contributed by atoms with Crippen LogP contribution in [0.15, 0.2) is 18.3 Å². The molecule has 0 radical (unpaired) electrons. The summed E-state index contributed by atoms with van der Waals surface area (Å²) in [7, 11) is 3.50. The predicted molar refractivity (Wildman–Crippen MR) is 67.6 cm³/mol. The highest BCUT2D eigenvalue weighted by Gasteiger charge is 2.35. The maximum absolute atomic E-state index is 12.9. The first-order chi connectivity index (χ1) is 9.21. The van der Waals surface area contributed by atoms with Crippen molar-refractivity contribution in [2.45, 2.75) is 6.18 Å². The second kappa shape index (κ2) is 6.56. The second-order valence-electron chi connectivity index (χ2n) is 4.49. The zero-order chi connectivity index (χ0) is 15.3. The van der Waals surface area contributed by atoms with Crippen LogP contribution in [-0.4, -0.2) is 54.7 Å². The number of anilines is 1. The van der Waals surface area contributed by atoms with Crippen LogP contribution in [0.5, 0.6) is 0 Å². The van der Waals surface area contributed by atoms with Crippen LogP contribution in [0.4, 0.5) is 19.0 Å². The summed E-state index contributed by atoms with van der Waals surface area (Å²) in [6, 6.07) is 2.07. The molecule has 5 nitrogen and oxygen atoms in total. The minimum absolute atomic E-state index is 0.138. The van der Waals surface area contributed by atoms with Crippen molar-refractivity contribution in [3.8, 4) is 0 Å². The SMILES string of the molecule is CN(C)CCN(CC(=O)O)c1ncccc1C(F)(F)F. The van der Waals surface area contributed by atoms with E-state index in [1.54, 1.807) is 19.0 Å². The van der Waals surface area contributed by atoms with Gasteiger partial charge in [-0.05, 0) is 26.2 Å². The number of halogens is 3. The van der Waals surface area contributed by atoms with Gasteiger partial charge in [-0.15, -0.1) is 0 Å². The van der Waals surface area contributed by atoms with Gasteiger partial charge in [0.25, 0.3) is 0 Å². The Hall–Kier alpha value is -1.83. The molecule has 0 spiro atoms. The van der Waals surface area contributed by atoms with E-state index in [4.69, 9.17) is 5.11 Å². The molecule has 1 aromatic heterocycles. The Bertz CT molecular complexity index is 464. The third kappa shape index (κ3) is 4.69. The molecule has 20 heavy (non-hydrogen) atoms. The molecular weight excluding hydrogens is 275 g/mol. The molecule has 0 saturated heterocycles. The van der Waals surface area contributed by atoms with Crippen molar-refractivity contribution in [3.05, 3.63) is 23.9 Å². The number of alkyl halides is 3. The number of aromatic nitrogens is 1. The Morgan fingerprint density at radius 3 is 2.50 bits per heavy atom. The van der Waals surface area contributed by atoms with Crippen molar-refractivity contribution in [1.82, 2.24) is 9.88 Å². The molecule has 0 aliphatic rings. The summed E-state index contributed by atoms with van der Waals surface area (Å²) in [5.41, 5.74) is -0.931. The van der Waals surface area contributed by atoms with Gasteiger partial charge in [-0.3, -0.25) is 4.79 Å². The van der Waals surface area contributed by atoms with E-state index in [1.165, 1.54) is 12.3 Å². The number of hydrogen-bond acceptors (Lipinski definition) is 4. The molecule has 1 heterocycles. The van der Waals surface area contributed by atoms with Gasteiger partial charge in [-0.1, -0.05) is 0 Å². The highest BCUT2D eigenvalue weighted by Crippen LogP contribution is 2.34. The summed E-state index contributed by atoms with van der Waals surface area (Å²) < 4.78 is 38.8. The fraction of sp³-hybridized carbons (Fsp3) is 0.500. The van der Waals surface area contributed by atoms with Crippen LogP contribution in [0.25, 0.3) is 0 Å². The van der Waals surface area contributed by atoms with E-state index < -0.39 is 24.3 Å². The van der Waals surface area contributed by atoms with Crippen LogP contribution in [0.1, 0.15) is 5.56 Å². The Kier molecular flexibility index (Phi) is 5.32. The van der Waals surface area contributed by atoms with Crippen molar-refractivity contribution in [2.24, 2.45) is 0 Å². The summed E-state index contributed by atoms with van der Waals surface area (Å²) in [5, 5.41) is 8.84. The van der Waals surface area contributed by atoms with Gasteiger partial charge in [-0.2, -0.15) is 13.2 Å². The van der Waals surface area contributed by atoms with Crippen LogP contribution >= 0.6 is 0 Å². The van der Waals surface area contributed by atoms with E-state index in [0.29, 0.717) is 6.54 Å². The van der Waals surface area contributed by atoms with Crippen LogP contribution in [0, 0.1) is 0 Å². The number of nitrogens with zero attached hydrogens (tertiary/aromatic N) is 3. The van der Waals surface area contributed by atoms with Gasteiger partial charge in [-0.25, -0.2) is 4.98 Å². The van der Waals surface area contributed by atoms with E-state index in [0.717, 1.165) is 11.0 Å². The summed E-state index contributed by atoms with van der Waals surface area (Å²) in [6.07, 6.45) is -3.35. The molecule has 1 aromatic rings. The molecule has 8 heteroatoms. The number of aliphatic carboxylic acids is 1. The van der Waals surface area contributed by atoms with Gasteiger partial charge < -0.3 is 14.9 Å². The van der Waals surface area contributed by atoms with Crippen LogP contribution in [-0.2, 0) is 11.0 Å². The third-order valence-corrected chi connectivity index (χ3v) is 2.53. The third-order valence-electron chi connectivity index (χ3n) is 2.53. The molecule has 0 unspecified atom stereocenters. The number of carboxylic acids is 1. The predicted octanol–water partition coefficient (Wildman–Crippen LogP) is 1.55. The number of hydrogen-bond donors (Lipinski definition) is 1. The highest BCUT2D eigenvalue weighted by atomic mass is 19.4. The monoisotopic (exact) mass is 291 g/mol. The van der Waals surface area contributed by atoms with Crippen LogP contribution < -0.4 is 4.90 Å².